The van der Waals surface area contributed by atoms with Crippen LogP contribution in [0.2, 0.25) is 0 Å². The van der Waals surface area contributed by atoms with Gasteiger partial charge < -0.3 is 9.47 Å². The predicted octanol–water partition coefficient (Wildman–Crippen LogP) is 1.69. The highest BCUT2D eigenvalue weighted by Gasteiger charge is 2.18. The summed E-state index contributed by atoms with van der Waals surface area (Å²) in [5.74, 6) is 1.46. The number of rotatable bonds is 6. The molecule has 4 rings (SSSR count). The van der Waals surface area contributed by atoms with Gasteiger partial charge in [0, 0.05) is 11.6 Å². The average molecular weight is 517 g/mol. The minimum Gasteiger partial charge on any atom is -0.497 e. The molecule has 0 saturated heterocycles. The number of hydrogen-bond donors (Lipinski definition) is 1. The first-order chi connectivity index (χ1) is 14.1. The van der Waals surface area contributed by atoms with Crippen LogP contribution in [-0.2, 0) is 0 Å². The summed E-state index contributed by atoms with van der Waals surface area (Å²) >= 11 is 1.05. The first-order valence-electron chi connectivity index (χ1n) is 8.79. The number of nitrogens with zero attached hydrogens (tertiary/aromatic N) is 1. The smallest absolute Gasteiger partial charge is 0.357 e. The minimum atomic E-state index is -0.377. The standard InChI is InChI=1S/C22H17IN2O3S/c1-27-17-8-6-15(7-9-17)23-16-5-3-4-14(12-16)21(26)25-22-24-19-11-10-18(28-2)13-20(19)29-22/h3-13H,1-2H3/p+1. The lowest BCUT2D eigenvalue weighted by Crippen LogP contribution is -3.61. The van der Waals surface area contributed by atoms with Crippen molar-refractivity contribution in [2.75, 3.05) is 19.5 Å². The van der Waals surface area contributed by atoms with Gasteiger partial charge in [0.15, 0.2) is 12.3 Å². The fourth-order valence-electron chi connectivity index (χ4n) is 2.70. The van der Waals surface area contributed by atoms with E-state index in [2.05, 4.69) is 28.5 Å². The van der Waals surface area contributed by atoms with E-state index >= 15 is 0 Å². The first kappa shape index (κ1) is 19.7. The van der Waals surface area contributed by atoms with Crippen molar-refractivity contribution in [2.45, 2.75) is 0 Å². The van der Waals surface area contributed by atoms with Gasteiger partial charge in [0.25, 0.3) is 5.91 Å². The Kier molecular flexibility index (Phi) is 5.96. The second kappa shape index (κ2) is 8.79. The number of halogens is 1. The number of carbonyl (C=O) groups is 1. The van der Waals surface area contributed by atoms with E-state index in [4.69, 9.17) is 9.47 Å². The second-order valence-electron chi connectivity index (χ2n) is 6.07. The number of fused-ring (bicyclic) bond motifs is 1. The highest BCUT2D eigenvalue weighted by atomic mass is 127. The number of aromatic nitrogens is 1. The monoisotopic (exact) mass is 517 g/mol. The van der Waals surface area contributed by atoms with Gasteiger partial charge >= 0.3 is 21.2 Å². The van der Waals surface area contributed by atoms with Crippen molar-refractivity contribution in [1.82, 2.24) is 4.98 Å². The quantitative estimate of drug-likeness (QED) is 0.396. The number of ether oxygens (including phenoxy) is 2. The number of amides is 1. The molecule has 0 saturated carbocycles. The molecule has 0 bridgehead atoms. The Labute approximate surface area is 183 Å². The van der Waals surface area contributed by atoms with Gasteiger partial charge in [0.1, 0.15) is 11.5 Å². The highest BCUT2D eigenvalue weighted by molar-refractivity contribution is 7.22. The Morgan fingerprint density at radius 1 is 0.931 bits per heavy atom. The van der Waals surface area contributed by atoms with Gasteiger partial charge in [-0.2, -0.15) is 0 Å². The molecule has 0 atom stereocenters. The fourth-order valence-corrected chi connectivity index (χ4v) is 5.91. The van der Waals surface area contributed by atoms with Gasteiger partial charge in [0.2, 0.25) is 0 Å². The summed E-state index contributed by atoms with van der Waals surface area (Å²) in [6.45, 7) is 0. The maximum Gasteiger partial charge on any atom is 0.357 e. The summed E-state index contributed by atoms with van der Waals surface area (Å²) in [4.78, 5) is 17.2. The average Bonchev–Trinajstić information content (AvgIpc) is 3.15. The lowest BCUT2D eigenvalue weighted by molar-refractivity contribution is -0.597. The summed E-state index contributed by atoms with van der Waals surface area (Å²) < 4.78 is 13.9. The summed E-state index contributed by atoms with van der Waals surface area (Å²) in [5, 5.41) is 3.49. The van der Waals surface area contributed by atoms with E-state index in [0.29, 0.717) is 10.7 Å². The lowest BCUT2D eigenvalue weighted by atomic mass is 10.2. The maximum atomic E-state index is 12.7. The Hall–Kier alpha value is -2.65. The predicted molar refractivity (Wildman–Crippen MR) is 111 cm³/mol. The van der Waals surface area contributed by atoms with E-state index in [1.165, 1.54) is 18.5 Å². The molecular weight excluding hydrogens is 499 g/mol. The molecule has 1 heterocycles. The normalized spacial score (nSPS) is 10.7. The van der Waals surface area contributed by atoms with E-state index in [9.17, 15) is 4.79 Å². The third-order valence-electron chi connectivity index (χ3n) is 4.17. The molecular formula is C22H18IN2O3S+. The van der Waals surface area contributed by atoms with Gasteiger partial charge in [-0.05, 0) is 54.6 Å². The number of carbonyl (C=O) groups excluding carboxylic acids is 1. The molecule has 146 valence electrons. The molecule has 0 aliphatic rings. The number of methoxy groups -OCH3 is 2. The van der Waals surface area contributed by atoms with E-state index < -0.39 is 0 Å². The summed E-state index contributed by atoms with van der Waals surface area (Å²) in [5.41, 5.74) is 1.47. The van der Waals surface area contributed by atoms with Crippen molar-refractivity contribution in [2.24, 2.45) is 0 Å². The van der Waals surface area contributed by atoms with Crippen molar-refractivity contribution in [3.05, 3.63) is 79.4 Å². The van der Waals surface area contributed by atoms with E-state index in [1.807, 2.05) is 48.5 Å². The molecule has 5 nitrogen and oxygen atoms in total. The van der Waals surface area contributed by atoms with Gasteiger partial charge in [-0.15, -0.1) is 0 Å². The van der Waals surface area contributed by atoms with Crippen molar-refractivity contribution >= 4 is 32.6 Å². The molecule has 0 radical (unpaired) electrons. The zero-order valence-corrected chi connectivity index (χ0v) is 18.8. The van der Waals surface area contributed by atoms with Gasteiger partial charge in [-0.3, -0.25) is 10.1 Å². The van der Waals surface area contributed by atoms with E-state index in [1.54, 1.807) is 14.2 Å². The molecule has 0 aliphatic heterocycles. The van der Waals surface area contributed by atoms with Crippen LogP contribution in [0.15, 0.2) is 66.7 Å². The number of nitrogens with one attached hydrogen (secondary N) is 1. The van der Waals surface area contributed by atoms with Gasteiger partial charge in [-0.25, -0.2) is 4.98 Å². The van der Waals surface area contributed by atoms with Crippen LogP contribution < -0.4 is 36.0 Å². The maximum absolute atomic E-state index is 12.7. The molecule has 0 spiro atoms. The van der Waals surface area contributed by atoms with Crippen molar-refractivity contribution in [1.29, 1.82) is 0 Å². The summed E-state index contributed by atoms with van der Waals surface area (Å²) in [6.07, 6.45) is 0. The molecule has 29 heavy (non-hydrogen) atoms. The molecule has 1 amide bonds. The van der Waals surface area contributed by atoms with Crippen LogP contribution in [0, 0.1) is 7.14 Å². The van der Waals surface area contributed by atoms with E-state index in [0.717, 1.165) is 21.7 Å². The number of hydrogen-bond acceptors (Lipinski definition) is 5. The molecule has 4 aromatic rings. The largest absolute Gasteiger partial charge is 0.497 e. The molecule has 1 N–H and O–H groups in total. The van der Waals surface area contributed by atoms with Crippen LogP contribution in [-0.4, -0.2) is 25.1 Å². The summed E-state index contributed by atoms with van der Waals surface area (Å²) in [7, 11) is 3.29. The topological polar surface area (TPSA) is 60.5 Å². The third-order valence-corrected chi connectivity index (χ3v) is 7.74. The van der Waals surface area contributed by atoms with Crippen LogP contribution in [0.4, 0.5) is 5.13 Å². The van der Waals surface area contributed by atoms with Crippen LogP contribution in [0.5, 0.6) is 11.5 Å². The van der Waals surface area contributed by atoms with Crippen LogP contribution in [0.1, 0.15) is 10.4 Å². The SMILES string of the molecule is COc1ccc([I+]c2cccc(C(=O)Nc3nc4ccc(OC)cc4s3)c2)cc1. The van der Waals surface area contributed by atoms with Gasteiger partial charge in [0.05, 0.1) is 24.4 Å². The minimum absolute atomic E-state index is 0.156. The molecule has 0 unspecified atom stereocenters. The van der Waals surface area contributed by atoms with Crippen LogP contribution in [0.25, 0.3) is 10.2 Å². The Balaban J connectivity index is 1.49. The Bertz CT molecular complexity index is 1160. The number of thiazole rings is 1. The molecule has 1 aromatic heterocycles. The second-order valence-corrected chi connectivity index (χ2v) is 10.1. The van der Waals surface area contributed by atoms with Crippen molar-refractivity contribution in [3.8, 4) is 11.5 Å². The number of anilines is 1. The Morgan fingerprint density at radius 2 is 1.69 bits per heavy atom. The lowest BCUT2D eigenvalue weighted by Gasteiger charge is -2.01. The van der Waals surface area contributed by atoms with Crippen LogP contribution >= 0.6 is 11.3 Å². The zero-order chi connectivity index (χ0) is 20.2. The van der Waals surface area contributed by atoms with Crippen LogP contribution in [0.3, 0.4) is 0 Å². The third kappa shape index (κ3) is 4.68. The molecule has 3 aromatic carbocycles. The number of benzene rings is 3. The first-order valence-corrected chi connectivity index (χ1v) is 11.8. The van der Waals surface area contributed by atoms with Gasteiger partial charge in [-0.1, -0.05) is 17.4 Å². The highest BCUT2D eigenvalue weighted by Crippen LogP contribution is 2.29. The van der Waals surface area contributed by atoms with E-state index in [-0.39, 0.29) is 27.1 Å². The summed E-state index contributed by atoms with van der Waals surface area (Å²) in [6, 6.07) is 21.5. The Morgan fingerprint density at radius 3 is 2.45 bits per heavy atom. The fraction of sp³-hybridized carbons (Fsp3) is 0.0909. The zero-order valence-electron chi connectivity index (χ0n) is 15.8. The van der Waals surface area contributed by atoms with Crippen molar-refractivity contribution in [3.63, 3.8) is 0 Å². The van der Waals surface area contributed by atoms with Crippen molar-refractivity contribution < 1.29 is 35.5 Å². The molecule has 0 fully saturated rings. The molecule has 0 aliphatic carbocycles. The molecule has 7 heteroatoms.